The maximum Gasteiger partial charge on any atom is 0.236 e. The Morgan fingerprint density at radius 2 is 1.83 bits per heavy atom. The number of amides is 2. The van der Waals surface area contributed by atoms with Gasteiger partial charge in [0, 0.05) is 23.0 Å². The van der Waals surface area contributed by atoms with E-state index in [1.807, 2.05) is 41.8 Å². The standard InChI is InChI=1S/C24H23ClN6O3S2/c1-31-20(12-26-21(32)11-15-3-9-18(34-2)10-4-15)29-30-24(31)36-14-22(33)28-23-27-19(13-35-23)16-5-7-17(25)8-6-16/h3-10,13H,11-12,14H2,1-2H3,(H,26,32)(H,27,28,33). The van der Waals surface area contributed by atoms with E-state index in [1.165, 1.54) is 23.1 Å². The lowest BCUT2D eigenvalue weighted by Crippen LogP contribution is -2.26. The number of anilines is 1. The average Bonchev–Trinajstić information content (AvgIpc) is 3.48. The fraction of sp³-hybridized carbons (Fsp3) is 0.208. The van der Waals surface area contributed by atoms with E-state index in [0.29, 0.717) is 21.1 Å². The summed E-state index contributed by atoms with van der Waals surface area (Å²) in [5, 5.41) is 17.6. The molecule has 0 aliphatic carbocycles. The second kappa shape index (κ2) is 12.0. The Bertz CT molecular complexity index is 1340. The van der Waals surface area contributed by atoms with Crippen molar-refractivity contribution in [3.63, 3.8) is 0 Å². The summed E-state index contributed by atoms with van der Waals surface area (Å²) in [4.78, 5) is 29.2. The number of hydrogen-bond donors (Lipinski definition) is 2. The molecule has 0 aliphatic heterocycles. The van der Waals surface area contributed by atoms with Crippen LogP contribution in [0.15, 0.2) is 59.1 Å². The molecule has 2 N–H and O–H groups in total. The van der Waals surface area contributed by atoms with Crippen molar-refractivity contribution in [2.75, 3.05) is 18.2 Å². The molecule has 0 spiro atoms. The average molecular weight is 543 g/mol. The number of aromatic nitrogens is 4. The molecule has 0 fully saturated rings. The maximum atomic E-state index is 12.4. The van der Waals surface area contributed by atoms with Crippen molar-refractivity contribution in [1.82, 2.24) is 25.1 Å². The Morgan fingerprint density at radius 3 is 2.56 bits per heavy atom. The molecule has 12 heteroatoms. The van der Waals surface area contributed by atoms with Gasteiger partial charge in [-0.05, 0) is 29.8 Å². The minimum Gasteiger partial charge on any atom is -0.497 e. The molecule has 2 heterocycles. The number of carbonyl (C=O) groups is 2. The molecule has 0 saturated carbocycles. The number of thioether (sulfide) groups is 1. The summed E-state index contributed by atoms with van der Waals surface area (Å²) in [5.41, 5.74) is 2.58. The molecule has 0 radical (unpaired) electrons. The van der Waals surface area contributed by atoms with Crippen molar-refractivity contribution >= 4 is 51.6 Å². The molecule has 2 aromatic carbocycles. The van der Waals surface area contributed by atoms with Crippen LogP contribution in [0.5, 0.6) is 5.75 Å². The van der Waals surface area contributed by atoms with Gasteiger partial charge >= 0.3 is 0 Å². The number of carbonyl (C=O) groups excluding carboxylic acids is 2. The van der Waals surface area contributed by atoms with E-state index in [1.54, 1.807) is 30.9 Å². The van der Waals surface area contributed by atoms with Gasteiger partial charge in [0.15, 0.2) is 16.1 Å². The predicted octanol–water partition coefficient (Wildman–Crippen LogP) is 4.19. The minimum absolute atomic E-state index is 0.127. The second-order valence-corrected chi connectivity index (χ2v) is 9.88. The summed E-state index contributed by atoms with van der Waals surface area (Å²) in [5.74, 6) is 1.15. The molecule has 2 aromatic heterocycles. The second-order valence-electron chi connectivity index (χ2n) is 7.64. The fourth-order valence-electron chi connectivity index (χ4n) is 3.16. The van der Waals surface area contributed by atoms with Gasteiger partial charge in [0.1, 0.15) is 5.75 Å². The lowest BCUT2D eigenvalue weighted by Gasteiger charge is -2.07. The van der Waals surface area contributed by atoms with Crippen molar-refractivity contribution in [3.8, 4) is 17.0 Å². The topological polar surface area (TPSA) is 111 Å². The van der Waals surface area contributed by atoms with Crippen LogP contribution in [0.4, 0.5) is 5.13 Å². The number of nitrogens with zero attached hydrogens (tertiary/aromatic N) is 4. The molecular formula is C24H23ClN6O3S2. The van der Waals surface area contributed by atoms with Crippen LogP contribution in [-0.2, 0) is 29.6 Å². The quantitative estimate of drug-likeness (QED) is 0.289. The van der Waals surface area contributed by atoms with Gasteiger partial charge in [0.25, 0.3) is 0 Å². The zero-order valence-electron chi connectivity index (χ0n) is 19.5. The highest BCUT2D eigenvalue weighted by molar-refractivity contribution is 7.99. The molecule has 4 rings (SSSR count). The molecule has 36 heavy (non-hydrogen) atoms. The van der Waals surface area contributed by atoms with Crippen LogP contribution in [0.2, 0.25) is 5.02 Å². The first-order chi connectivity index (χ1) is 17.4. The van der Waals surface area contributed by atoms with Crippen LogP contribution in [0.3, 0.4) is 0 Å². The third-order valence-electron chi connectivity index (χ3n) is 5.12. The largest absolute Gasteiger partial charge is 0.497 e. The van der Waals surface area contributed by atoms with Gasteiger partial charge in [-0.2, -0.15) is 0 Å². The number of rotatable bonds is 10. The van der Waals surface area contributed by atoms with E-state index in [4.69, 9.17) is 16.3 Å². The van der Waals surface area contributed by atoms with E-state index in [2.05, 4.69) is 25.8 Å². The predicted molar refractivity (Wildman–Crippen MR) is 141 cm³/mol. The Morgan fingerprint density at radius 1 is 1.08 bits per heavy atom. The SMILES string of the molecule is COc1ccc(CC(=O)NCc2nnc(SCC(=O)Nc3nc(-c4ccc(Cl)cc4)cs3)n2C)cc1. The van der Waals surface area contributed by atoms with Crippen LogP contribution < -0.4 is 15.4 Å². The molecule has 4 aromatic rings. The molecule has 0 unspecified atom stereocenters. The van der Waals surface area contributed by atoms with Gasteiger partial charge in [-0.15, -0.1) is 21.5 Å². The lowest BCUT2D eigenvalue weighted by atomic mass is 10.1. The van der Waals surface area contributed by atoms with Gasteiger partial charge in [-0.25, -0.2) is 4.98 Å². The first kappa shape index (κ1) is 25.7. The van der Waals surface area contributed by atoms with Crippen LogP contribution in [0, 0.1) is 0 Å². The summed E-state index contributed by atoms with van der Waals surface area (Å²) in [6.07, 6.45) is 0.250. The Balaban J connectivity index is 1.24. The van der Waals surface area contributed by atoms with Gasteiger partial charge in [0.05, 0.1) is 31.5 Å². The summed E-state index contributed by atoms with van der Waals surface area (Å²) in [6, 6.07) is 14.7. The van der Waals surface area contributed by atoms with Gasteiger partial charge in [0.2, 0.25) is 11.8 Å². The number of thiazole rings is 1. The van der Waals surface area contributed by atoms with Gasteiger partial charge < -0.3 is 19.9 Å². The number of methoxy groups -OCH3 is 1. The van der Waals surface area contributed by atoms with E-state index < -0.39 is 0 Å². The molecule has 2 amide bonds. The Kier molecular flexibility index (Phi) is 8.57. The van der Waals surface area contributed by atoms with Gasteiger partial charge in [-0.1, -0.05) is 47.6 Å². The third-order valence-corrected chi connectivity index (χ3v) is 7.15. The van der Waals surface area contributed by atoms with E-state index in [9.17, 15) is 9.59 Å². The highest BCUT2D eigenvalue weighted by Gasteiger charge is 2.14. The third kappa shape index (κ3) is 6.84. The first-order valence-corrected chi connectivity index (χ1v) is 13.1. The van der Waals surface area contributed by atoms with Crippen LogP contribution >= 0.6 is 34.7 Å². The number of halogens is 1. The lowest BCUT2D eigenvalue weighted by molar-refractivity contribution is -0.120. The highest BCUT2D eigenvalue weighted by atomic mass is 35.5. The van der Waals surface area contributed by atoms with Crippen LogP contribution in [0.25, 0.3) is 11.3 Å². The Labute approximate surface area is 221 Å². The number of ether oxygens (including phenoxy) is 1. The molecule has 0 atom stereocenters. The van der Waals surface area contributed by atoms with Crippen molar-refractivity contribution in [2.45, 2.75) is 18.1 Å². The van der Waals surface area contributed by atoms with E-state index in [0.717, 1.165) is 22.6 Å². The highest BCUT2D eigenvalue weighted by Crippen LogP contribution is 2.26. The van der Waals surface area contributed by atoms with Crippen LogP contribution in [0.1, 0.15) is 11.4 Å². The fourth-order valence-corrected chi connectivity index (χ4v) is 4.76. The molecule has 186 valence electrons. The molecule has 9 nitrogen and oxygen atoms in total. The van der Waals surface area contributed by atoms with Crippen LogP contribution in [-0.4, -0.2) is 44.4 Å². The molecule has 0 saturated heterocycles. The summed E-state index contributed by atoms with van der Waals surface area (Å²) < 4.78 is 6.89. The van der Waals surface area contributed by atoms with Crippen molar-refractivity contribution in [1.29, 1.82) is 0 Å². The first-order valence-electron chi connectivity index (χ1n) is 10.8. The zero-order chi connectivity index (χ0) is 25.5. The molecule has 0 bridgehead atoms. The number of nitrogens with one attached hydrogen (secondary N) is 2. The number of hydrogen-bond acceptors (Lipinski definition) is 8. The zero-order valence-corrected chi connectivity index (χ0v) is 21.9. The number of benzene rings is 2. The summed E-state index contributed by atoms with van der Waals surface area (Å²) in [6.45, 7) is 0.234. The van der Waals surface area contributed by atoms with Crippen molar-refractivity contribution < 1.29 is 14.3 Å². The Hall–Kier alpha value is -3.41. The maximum absolute atomic E-state index is 12.4. The molecular weight excluding hydrogens is 520 g/mol. The normalized spacial score (nSPS) is 10.8. The summed E-state index contributed by atoms with van der Waals surface area (Å²) in [7, 11) is 3.39. The van der Waals surface area contributed by atoms with Crippen molar-refractivity contribution in [3.05, 3.63) is 70.3 Å². The van der Waals surface area contributed by atoms with Gasteiger partial charge in [-0.3, -0.25) is 9.59 Å². The summed E-state index contributed by atoms with van der Waals surface area (Å²) >= 11 is 8.54. The van der Waals surface area contributed by atoms with E-state index in [-0.39, 0.29) is 30.5 Å². The van der Waals surface area contributed by atoms with Crippen molar-refractivity contribution in [2.24, 2.45) is 7.05 Å². The smallest absolute Gasteiger partial charge is 0.236 e. The van der Waals surface area contributed by atoms with E-state index >= 15 is 0 Å². The monoisotopic (exact) mass is 542 g/mol. The molecule has 0 aliphatic rings. The minimum atomic E-state index is -0.200.